The number of aliphatic hydroxyl groups excluding tert-OH is 1. The van der Waals surface area contributed by atoms with Crippen LogP contribution in [0.1, 0.15) is 47.6 Å². The molecule has 2 N–H and O–H groups in total. The standard InChI is InChI=1S/C15H23N3O2S/c1-9-13(15(21-3)18-10(2)17-9)14(20)16-8-11-4-6-12(19)7-5-11/h11-12,19H,4-8H2,1-3H3,(H,16,20). The minimum atomic E-state index is -0.159. The van der Waals surface area contributed by atoms with Gasteiger partial charge in [-0.1, -0.05) is 0 Å². The summed E-state index contributed by atoms with van der Waals surface area (Å²) in [6, 6.07) is 0. The van der Waals surface area contributed by atoms with Crippen molar-refractivity contribution in [2.24, 2.45) is 5.92 Å². The summed E-state index contributed by atoms with van der Waals surface area (Å²) in [7, 11) is 0. The normalized spacial score (nSPS) is 22.1. The van der Waals surface area contributed by atoms with E-state index >= 15 is 0 Å². The lowest BCUT2D eigenvalue weighted by atomic mass is 9.87. The highest BCUT2D eigenvalue weighted by atomic mass is 32.2. The quantitative estimate of drug-likeness (QED) is 0.658. The van der Waals surface area contributed by atoms with Crippen LogP contribution in [0.4, 0.5) is 0 Å². The van der Waals surface area contributed by atoms with Crippen LogP contribution in [0, 0.1) is 19.8 Å². The molecule has 2 rings (SSSR count). The van der Waals surface area contributed by atoms with Gasteiger partial charge in [0, 0.05) is 6.54 Å². The Morgan fingerprint density at radius 3 is 2.57 bits per heavy atom. The summed E-state index contributed by atoms with van der Waals surface area (Å²) < 4.78 is 0. The van der Waals surface area contributed by atoms with Crippen LogP contribution in [0.25, 0.3) is 0 Å². The number of hydrogen-bond acceptors (Lipinski definition) is 5. The van der Waals surface area contributed by atoms with Gasteiger partial charge < -0.3 is 10.4 Å². The molecule has 0 aliphatic heterocycles. The summed E-state index contributed by atoms with van der Waals surface area (Å²) in [6.07, 6.45) is 5.38. The lowest BCUT2D eigenvalue weighted by molar-refractivity contribution is 0.0906. The maximum absolute atomic E-state index is 12.4. The highest BCUT2D eigenvalue weighted by molar-refractivity contribution is 7.98. The van der Waals surface area contributed by atoms with Crippen LogP contribution in [0.3, 0.4) is 0 Å². The Bertz CT molecular complexity index is 514. The van der Waals surface area contributed by atoms with Crippen LogP contribution >= 0.6 is 11.8 Å². The number of aliphatic hydroxyl groups is 1. The number of carbonyl (C=O) groups is 1. The van der Waals surface area contributed by atoms with E-state index in [1.807, 2.05) is 20.1 Å². The van der Waals surface area contributed by atoms with Crippen molar-refractivity contribution in [1.29, 1.82) is 0 Å². The highest BCUT2D eigenvalue weighted by Crippen LogP contribution is 2.24. The van der Waals surface area contributed by atoms with Gasteiger partial charge in [0.15, 0.2) is 0 Å². The minimum Gasteiger partial charge on any atom is -0.393 e. The van der Waals surface area contributed by atoms with Gasteiger partial charge >= 0.3 is 0 Å². The van der Waals surface area contributed by atoms with Gasteiger partial charge in [-0.25, -0.2) is 9.97 Å². The van der Waals surface area contributed by atoms with Gasteiger partial charge in [0.05, 0.1) is 17.4 Å². The Hall–Kier alpha value is -1.14. The number of rotatable bonds is 4. The van der Waals surface area contributed by atoms with E-state index in [1.165, 1.54) is 11.8 Å². The second-order valence-corrected chi connectivity index (χ2v) is 6.42. The van der Waals surface area contributed by atoms with Crippen molar-refractivity contribution >= 4 is 17.7 Å². The van der Waals surface area contributed by atoms with Crippen molar-refractivity contribution in [2.75, 3.05) is 12.8 Å². The molecule has 1 aliphatic carbocycles. The molecule has 0 aromatic carbocycles. The second kappa shape index (κ2) is 7.22. The monoisotopic (exact) mass is 309 g/mol. The van der Waals surface area contributed by atoms with Crippen LogP contribution in [0.2, 0.25) is 0 Å². The van der Waals surface area contributed by atoms with E-state index in [1.54, 1.807) is 0 Å². The SMILES string of the molecule is CSc1nc(C)nc(C)c1C(=O)NCC1CCC(O)CC1. The fourth-order valence-electron chi connectivity index (χ4n) is 2.76. The number of aryl methyl sites for hydroxylation is 2. The Labute approximate surface area is 130 Å². The Morgan fingerprint density at radius 2 is 1.95 bits per heavy atom. The number of carbonyl (C=O) groups excluding carboxylic acids is 1. The largest absolute Gasteiger partial charge is 0.393 e. The second-order valence-electron chi connectivity index (χ2n) is 5.63. The molecule has 1 fully saturated rings. The molecule has 0 radical (unpaired) electrons. The van der Waals surface area contributed by atoms with Crippen molar-refractivity contribution in [3.63, 3.8) is 0 Å². The number of hydrogen-bond donors (Lipinski definition) is 2. The van der Waals surface area contributed by atoms with Gasteiger partial charge in [-0.2, -0.15) is 0 Å². The predicted octanol–water partition coefficient (Wildman–Crippen LogP) is 2.10. The third-order valence-corrected chi connectivity index (χ3v) is 4.64. The smallest absolute Gasteiger partial charge is 0.255 e. The number of aromatic nitrogens is 2. The van der Waals surface area contributed by atoms with E-state index in [4.69, 9.17) is 0 Å². The lowest BCUT2D eigenvalue weighted by Crippen LogP contribution is -2.33. The predicted molar refractivity (Wildman–Crippen MR) is 83.6 cm³/mol. The first-order valence-electron chi connectivity index (χ1n) is 7.36. The number of nitrogens with zero attached hydrogens (tertiary/aromatic N) is 2. The van der Waals surface area contributed by atoms with E-state index in [0.717, 1.165) is 36.4 Å². The molecule has 6 heteroatoms. The van der Waals surface area contributed by atoms with E-state index in [9.17, 15) is 9.90 Å². The average molecular weight is 309 g/mol. The Morgan fingerprint density at radius 1 is 1.29 bits per heavy atom. The molecule has 0 atom stereocenters. The zero-order valence-electron chi connectivity index (χ0n) is 12.8. The van der Waals surface area contributed by atoms with Crippen LogP contribution < -0.4 is 5.32 Å². The first-order chi connectivity index (χ1) is 10.0. The van der Waals surface area contributed by atoms with Gasteiger partial charge in [0.25, 0.3) is 5.91 Å². The summed E-state index contributed by atoms with van der Waals surface area (Å²) >= 11 is 1.47. The topological polar surface area (TPSA) is 75.1 Å². The summed E-state index contributed by atoms with van der Waals surface area (Å²) in [5, 5.41) is 13.2. The molecular weight excluding hydrogens is 286 g/mol. The third-order valence-electron chi connectivity index (χ3n) is 3.96. The number of thioether (sulfide) groups is 1. The van der Waals surface area contributed by atoms with Crippen molar-refractivity contribution in [3.8, 4) is 0 Å². The number of nitrogens with one attached hydrogen (secondary N) is 1. The van der Waals surface area contributed by atoms with Gasteiger partial charge in [0.2, 0.25) is 0 Å². The summed E-state index contributed by atoms with van der Waals surface area (Å²) in [4.78, 5) is 21.0. The molecule has 0 spiro atoms. The van der Waals surface area contributed by atoms with Crippen LogP contribution in [0.5, 0.6) is 0 Å². The first kappa shape index (κ1) is 16.2. The third kappa shape index (κ3) is 4.17. The summed E-state index contributed by atoms with van der Waals surface area (Å²) in [6.45, 7) is 4.34. The molecule has 21 heavy (non-hydrogen) atoms. The zero-order valence-corrected chi connectivity index (χ0v) is 13.7. The van der Waals surface area contributed by atoms with E-state index in [-0.39, 0.29) is 12.0 Å². The number of amides is 1. The fraction of sp³-hybridized carbons (Fsp3) is 0.667. The molecular formula is C15H23N3O2S. The molecule has 0 saturated heterocycles. The molecule has 1 heterocycles. The van der Waals surface area contributed by atoms with Crippen LogP contribution in [-0.2, 0) is 0 Å². The van der Waals surface area contributed by atoms with Gasteiger partial charge in [-0.3, -0.25) is 4.79 Å². The summed E-state index contributed by atoms with van der Waals surface area (Å²) in [5.74, 6) is 1.05. The zero-order chi connectivity index (χ0) is 15.4. The molecule has 1 aliphatic rings. The van der Waals surface area contributed by atoms with Crippen molar-refractivity contribution in [3.05, 3.63) is 17.1 Å². The van der Waals surface area contributed by atoms with Gasteiger partial charge in [0.1, 0.15) is 10.9 Å². The molecule has 116 valence electrons. The van der Waals surface area contributed by atoms with Crippen LogP contribution in [-0.4, -0.2) is 39.9 Å². The summed E-state index contributed by atoms with van der Waals surface area (Å²) in [5.41, 5.74) is 1.31. The van der Waals surface area contributed by atoms with E-state index in [2.05, 4.69) is 15.3 Å². The van der Waals surface area contributed by atoms with Gasteiger partial charge in [-0.05, 0) is 51.7 Å². The fourth-order valence-corrected chi connectivity index (χ4v) is 3.43. The van der Waals surface area contributed by atoms with E-state index < -0.39 is 0 Å². The molecule has 5 nitrogen and oxygen atoms in total. The Kier molecular flexibility index (Phi) is 5.58. The van der Waals surface area contributed by atoms with Crippen LogP contribution in [0.15, 0.2) is 5.03 Å². The molecule has 1 aromatic heterocycles. The first-order valence-corrected chi connectivity index (χ1v) is 8.59. The molecule has 1 amide bonds. The van der Waals surface area contributed by atoms with Crippen molar-refractivity contribution < 1.29 is 9.90 Å². The molecule has 1 aromatic rings. The lowest BCUT2D eigenvalue weighted by Gasteiger charge is -2.25. The van der Waals surface area contributed by atoms with Gasteiger partial charge in [-0.15, -0.1) is 11.8 Å². The Balaban J connectivity index is 2.00. The van der Waals surface area contributed by atoms with Crippen molar-refractivity contribution in [2.45, 2.75) is 50.7 Å². The maximum Gasteiger partial charge on any atom is 0.255 e. The molecule has 0 unspecified atom stereocenters. The molecule has 1 saturated carbocycles. The highest BCUT2D eigenvalue weighted by Gasteiger charge is 2.22. The maximum atomic E-state index is 12.4. The van der Waals surface area contributed by atoms with E-state index in [0.29, 0.717) is 23.9 Å². The molecule has 0 bridgehead atoms. The minimum absolute atomic E-state index is 0.0945. The van der Waals surface area contributed by atoms with Crippen molar-refractivity contribution in [1.82, 2.24) is 15.3 Å². The average Bonchev–Trinajstić information content (AvgIpc) is 2.45.